The van der Waals surface area contributed by atoms with Crippen molar-refractivity contribution in [2.45, 2.75) is 53.8 Å². The van der Waals surface area contributed by atoms with Crippen LogP contribution in [0.1, 0.15) is 45.3 Å². The molecule has 1 aromatic rings. The van der Waals surface area contributed by atoms with Crippen LogP contribution in [-0.2, 0) is 13.1 Å². The SMILES string of the molecule is CCNCc1nc(CN(C)C(C)C(C)(C)C)cs1. The summed E-state index contributed by atoms with van der Waals surface area (Å²) < 4.78 is 0. The first-order chi connectivity index (χ1) is 8.34. The summed E-state index contributed by atoms with van der Waals surface area (Å²) in [6, 6.07) is 0.538. The van der Waals surface area contributed by atoms with E-state index in [1.54, 1.807) is 11.3 Å². The van der Waals surface area contributed by atoms with Crippen molar-refractivity contribution >= 4 is 11.3 Å². The molecule has 0 amide bonds. The normalized spacial score (nSPS) is 14.2. The predicted octanol–water partition coefficient (Wildman–Crippen LogP) is 3.12. The van der Waals surface area contributed by atoms with Crippen molar-refractivity contribution in [1.82, 2.24) is 15.2 Å². The van der Waals surface area contributed by atoms with Crippen LogP contribution in [0.2, 0.25) is 0 Å². The van der Waals surface area contributed by atoms with Crippen LogP contribution in [0.3, 0.4) is 0 Å². The number of nitrogens with one attached hydrogen (secondary N) is 1. The van der Waals surface area contributed by atoms with Gasteiger partial charge >= 0.3 is 0 Å². The van der Waals surface area contributed by atoms with Crippen molar-refractivity contribution in [3.05, 3.63) is 16.1 Å². The van der Waals surface area contributed by atoms with Gasteiger partial charge in [0.1, 0.15) is 5.01 Å². The Labute approximate surface area is 116 Å². The maximum absolute atomic E-state index is 4.67. The molecule has 0 fully saturated rings. The van der Waals surface area contributed by atoms with Crippen LogP contribution in [0.4, 0.5) is 0 Å². The van der Waals surface area contributed by atoms with Crippen LogP contribution < -0.4 is 5.32 Å². The van der Waals surface area contributed by atoms with E-state index in [0.29, 0.717) is 11.5 Å². The fourth-order valence-electron chi connectivity index (χ4n) is 1.79. The topological polar surface area (TPSA) is 28.2 Å². The summed E-state index contributed by atoms with van der Waals surface area (Å²) in [4.78, 5) is 7.05. The van der Waals surface area contributed by atoms with Gasteiger partial charge in [-0.3, -0.25) is 4.90 Å². The Kier molecular flexibility index (Phi) is 5.76. The number of rotatable bonds is 6. The summed E-state index contributed by atoms with van der Waals surface area (Å²) in [5.74, 6) is 0. The molecule has 0 spiro atoms. The summed E-state index contributed by atoms with van der Waals surface area (Å²) in [6.45, 7) is 14.1. The maximum atomic E-state index is 4.67. The molecule has 0 aliphatic carbocycles. The van der Waals surface area contributed by atoms with Gasteiger partial charge in [-0.25, -0.2) is 4.98 Å². The molecule has 0 aliphatic heterocycles. The highest BCUT2D eigenvalue weighted by Gasteiger charge is 2.24. The molecule has 1 aromatic heterocycles. The van der Waals surface area contributed by atoms with Crippen molar-refractivity contribution < 1.29 is 0 Å². The quantitative estimate of drug-likeness (QED) is 0.860. The van der Waals surface area contributed by atoms with Crippen molar-refractivity contribution in [2.24, 2.45) is 5.41 Å². The molecule has 0 saturated heterocycles. The van der Waals surface area contributed by atoms with Crippen molar-refractivity contribution in [2.75, 3.05) is 13.6 Å². The molecule has 0 aromatic carbocycles. The van der Waals surface area contributed by atoms with E-state index >= 15 is 0 Å². The van der Waals surface area contributed by atoms with E-state index in [0.717, 1.165) is 19.6 Å². The minimum absolute atomic E-state index is 0.303. The third-order valence-electron chi connectivity index (χ3n) is 3.45. The lowest BCUT2D eigenvalue weighted by Crippen LogP contribution is -2.38. The van der Waals surface area contributed by atoms with E-state index < -0.39 is 0 Å². The van der Waals surface area contributed by atoms with E-state index in [1.807, 2.05) is 0 Å². The van der Waals surface area contributed by atoms with Crippen LogP contribution in [0.15, 0.2) is 5.38 Å². The summed E-state index contributed by atoms with van der Waals surface area (Å²) >= 11 is 1.75. The van der Waals surface area contributed by atoms with E-state index in [-0.39, 0.29) is 0 Å². The third kappa shape index (κ3) is 4.67. The van der Waals surface area contributed by atoms with Gasteiger partial charge in [0.05, 0.1) is 5.69 Å². The van der Waals surface area contributed by atoms with Crippen LogP contribution in [0, 0.1) is 5.41 Å². The Bertz CT molecular complexity index is 354. The minimum atomic E-state index is 0.303. The lowest BCUT2D eigenvalue weighted by molar-refractivity contribution is 0.133. The molecular weight excluding hydrogens is 242 g/mol. The molecule has 104 valence electrons. The first-order valence-corrected chi connectivity index (χ1v) is 7.56. The van der Waals surface area contributed by atoms with Gasteiger partial charge in [0, 0.05) is 24.5 Å². The highest BCUT2D eigenvalue weighted by atomic mass is 32.1. The molecule has 1 unspecified atom stereocenters. The monoisotopic (exact) mass is 269 g/mol. The van der Waals surface area contributed by atoms with Crippen molar-refractivity contribution in [3.63, 3.8) is 0 Å². The number of hydrogen-bond acceptors (Lipinski definition) is 4. The minimum Gasteiger partial charge on any atom is -0.311 e. The van der Waals surface area contributed by atoms with Crippen LogP contribution >= 0.6 is 11.3 Å². The standard InChI is InChI=1S/C14H27N3S/c1-7-15-8-13-16-12(10-18-13)9-17(6)11(2)14(3,4)5/h10-11,15H,7-9H2,1-6H3. The number of hydrogen-bond donors (Lipinski definition) is 1. The summed E-state index contributed by atoms with van der Waals surface area (Å²) in [7, 11) is 2.18. The molecule has 1 N–H and O–H groups in total. The number of aromatic nitrogens is 1. The Hall–Kier alpha value is -0.450. The van der Waals surface area contributed by atoms with Crippen LogP contribution in [-0.4, -0.2) is 29.5 Å². The fraction of sp³-hybridized carbons (Fsp3) is 0.786. The highest BCUT2D eigenvalue weighted by molar-refractivity contribution is 7.09. The van der Waals surface area contributed by atoms with Gasteiger partial charge in [0.25, 0.3) is 0 Å². The molecule has 0 bridgehead atoms. The first-order valence-electron chi connectivity index (χ1n) is 6.68. The van der Waals surface area contributed by atoms with Gasteiger partial charge in [0.15, 0.2) is 0 Å². The lowest BCUT2D eigenvalue weighted by Gasteiger charge is -2.35. The van der Waals surface area contributed by atoms with E-state index in [1.165, 1.54) is 10.7 Å². The van der Waals surface area contributed by atoms with Gasteiger partial charge < -0.3 is 5.32 Å². The molecule has 4 heteroatoms. The van der Waals surface area contributed by atoms with Crippen LogP contribution in [0.25, 0.3) is 0 Å². The number of nitrogens with zero attached hydrogens (tertiary/aromatic N) is 2. The van der Waals surface area contributed by atoms with Gasteiger partial charge in [-0.2, -0.15) is 0 Å². The first kappa shape index (κ1) is 15.6. The zero-order valence-corrected chi connectivity index (χ0v) is 13.4. The highest BCUT2D eigenvalue weighted by Crippen LogP contribution is 2.24. The second-order valence-corrected chi connectivity index (χ2v) is 6.91. The van der Waals surface area contributed by atoms with E-state index in [4.69, 9.17) is 0 Å². The molecule has 0 radical (unpaired) electrons. The molecule has 1 heterocycles. The summed E-state index contributed by atoms with van der Waals surface area (Å²) in [5.41, 5.74) is 1.49. The van der Waals surface area contributed by atoms with Gasteiger partial charge in [0.2, 0.25) is 0 Å². The second kappa shape index (κ2) is 6.64. The maximum Gasteiger partial charge on any atom is 0.107 e. The zero-order chi connectivity index (χ0) is 13.8. The van der Waals surface area contributed by atoms with E-state index in [2.05, 4.69) is 62.2 Å². The van der Waals surface area contributed by atoms with Crippen molar-refractivity contribution in [1.29, 1.82) is 0 Å². The summed E-state index contributed by atoms with van der Waals surface area (Å²) in [6.07, 6.45) is 0. The lowest BCUT2D eigenvalue weighted by atomic mass is 9.87. The molecule has 1 atom stereocenters. The average Bonchev–Trinajstić information content (AvgIpc) is 2.71. The predicted molar refractivity (Wildman–Crippen MR) is 79.9 cm³/mol. The third-order valence-corrected chi connectivity index (χ3v) is 4.35. The summed E-state index contributed by atoms with van der Waals surface area (Å²) in [5, 5.41) is 6.68. The molecule has 1 rings (SSSR count). The molecule has 0 aliphatic rings. The molecule has 0 saturated carbocycles. The second-order valence-electron chi connectivity index (χ2n) is 5.97. The smallest absolute Gasteiger partial charge is 0.107 e. The Morgan fingerprint density at radius 2 is 2.11 bits per heavy atom. The van der Waals surface area contributed by atoms with Crippen LogP contribution in [0.5, 0.6) is 0 Å². The van der Waals surface area contributed by atoms with Crippen molar-refractivity contribution in [3.8, 4) is 0 Å². The Morgan fingerprint density at radius 3 is 2.67 bits per heavy atom. The Balaban J connectivity index is 2.54. The van der Waals surface area contributed by atoms with Gasteiger partial charge in [-0.1, -0.05) is 27.7 Å². The van der Waals surface area contributed by atoms with Gasteiger partial charge in [-0.05, 0) is 25.9 Å². The number of thiazole rings is 1. The molecule has 18 heavy (non-hydrogen) atoms. The Morgan fingerprint density at radius 1 is 1.44 bits per heavy atom. The van der Waals surface area contributed by atoms with E-state index in [9.17, 15) is 0 Å². The average molecular weight is 269 g/mol. The molecular formula is C14H27N3S. The fourth-order valence-corrected chi connectivity index (χ4v) is 2.54. The largest absolute Gasteiger partial charge is 0.311 e. The van der Waals surface area contributed by atoms with Gasteiger partial charge in [-0.15, -0.1) is 11.3 Å². The molecule has 3 nitrogen and oxygen atoms in total. The zero-order valence-electron chi connectivity index (χ0n) is 12.6.